The molecule has 0 spiro atoms. The number of unbranched alkanes of at least 4 members (excludes halogenated alkanes) is 1. The summed E-state index contributed by atoms with van der Waals surface area (Å²) >= 11 is 1.26. The molecule has 3 aromatic rings. The Morgan fingerprint density at radius 1 is 1.15 bits per heavy atom. The first-order chi connectivity index (χ1) is 15.8. The van der Waals surface area contributed by atoms with Crippen molar-refractivity contribution in [3.63, 3.8) is 0 Å². The van der Waals surface area contributed by atoms with Crippen LogP contribution in [0.4, 0.5) is 5.69 Å². The maximum atomic E-state index is 13.0. The van der Waals surface area contributed by atoms with Crippen molar-refractivity contribution in [2.24, 2.45) is 14.1 Å². The maximum absolute atomic E-state index is 13.0. The second kappa shape index (κ2) is 10.6. The molecule has 1 amide bonds. The number of fused-ring (bicyclic) bond motifs is 1. The Bertz CT molecular complexity index is 1300. The van der Waals surface area contributed by atoms with E-state index in [9.17, 15) is 14.4 Å². The number of aryl methyl sites for hydroxylation is 2. The molecule has 0 unspecified atom stereocenters. The number of pyridine rings is 1. The molecule has 10 heteroatoms. The number of nitrogens with one attached hydrogen (secondary N) is 1. The molecule has 33 heavy (non-hydrogen) atoms. The number of nitrogens with zero attached hydrogens (tertiary/aromatic N) is 3. The van der Waals surface area contributed by atoms with Crippen LogP contribution in [-0.2, 0) is 25.3 Å². The highest BCUT2D eigenvalue weighted by molar-refractivity contribution is 8.00. The van der Waals surface area contributed by atoms with Crippen LogP contribution < -0.4 is 26.0 Å². The molecule has 0 bridgehead atoms. The third-order valence-electron chi connectivity index (χ3n) is 5.32. The van der Waals surface area contributed by atoms with Gasteiger partial charge in [0.1, 0.15) is 17.1 Å². The van der Waals surface area contributed by atoms with E-state index in [1.807, 2.05) is 0 Å². The highest BCUT2D eigenvalue weighted by Crippen LogP contribution is 2.31. The minimum Gasteiger partial charge on any atom is -0.497 e. The lowest BCUT2D eigenvalue weighted by atomic mass is 10.1. The molecular formula is C23H28N4O5S. The number of hydrogen-bond donors (Lipinski definition) is 1. The zero-order chi connectivity index (χ0) is 24.1. The summed E-state index contributed by atoms with van der Waals surface area (Å²) in [5.74, 6) is 0.894. The van der Waals surface area contributed by atoms with Crippen LogP contribution in [0.3, 0.4) is 0 Å². The normalized spacial score (nSPS) is 10.9. The first kappa shape index (κ1) is 24.4. The summed E-state index contributed by atoms with van der Waals surface area (Å²) in [6.07, 6.45) is 4.31. The van der Waals surface area contributed by atoms with Gasteiger partial charge in [0.15, 0.2) is 0 Å². The molecule has 0 aliphatic carbocycles. The molecule has 0 aliphatic heterocycles. The van der Waals surface area contributed by atoms with Crippen LogP contribution in [0, 0.1) is 0 Å². The summed E-state index contributed by atoms with van der Waals surface area (Å²) in [5, 5.41) is 3.20. The largest absolute Gasteiger partial charge is 0.497 e. The van der Waals surface area contributed by atoms with Gasteiger partial charge in [0.05, 0.1) is 31.0 Å². The van der Waals surface area contributed by atoms with Gasteiger partial charge in [-0.25, -0.2) is 9.78 Å². The molecule has 2 heterocycles. The Balaban J connectivity index is 1.97. The quantitative estimate of drug-likeness (QED) is 0.478. The van der Waals surface area contributed by atoms with Crippen LogP contribution in [-0.4, -0.2) is 40.0 Å². The van der Waals surface area contributed by atoms with Gasteiger partial charge in [-0.1, -0.05) is 13.3 Å². The number of thioether (sulfide) groups is 1. The third-order valence-corrected chi connectivity index (χ3v) is 6.48. The number of amides is 1. The first-order valence-corrected chi connectivity index (χ1v) is 11.5. The fourth-order valence-corrected chi connectivity index (χ4v) is 4.50. The predicted octanol–water partition coefficient (Wildman–Crippen LogP) is 2.72. The van der Waals surface area contributed by atoms with Crippen molar-refractivity contribution in [3.8, 4) is 11.5 Å². The van der Waals surface area contributed by atoms with Gasteiger partial charge in [0.2, 0.25) is 5.91 Å². The average molecular weight is 473 g/mol. The molecule has 1 aromatic carbocycles. The fourth-order valence-electron chi connectivity index (χ4n) is 3.49. The molecule has 176 valence electrons. The van der Waals surface area contributed by atoms with Crippen LogP contribution in [0.2, 0.25) is 0 Å². The molecule has 0 saturated carbocycles. The number of carbonyl (C=O) groups excluding carboxylic acids is 1. The van der Waals surface area contributed by atoms with Crippen molar-refractivity contribution in [3.05, 3.63) is 50.8 Å². The Labute approximate surface area is 195 Å². The van der Waals surface area contributed by atoms with Crippen molar-refractivity contribution in [2.45, 2.75) is 31.1 Å². The van der Waals surface area contributed by atoms with E-state index < -0.39 is 11.2 Å². The molecule has 1 N–H and O–H groups in total. The van der Waals surface area contributed by atoms with E-state index in [0.29, 0.717) is 33.1 Å². The Kier molecular flexibility index (Phi) is 7.80. The summed E-state index contributed by atoms with van der Waals surface area (Å²) in [6.45, 7) is 2.08. The van der Waals surface area contributed by atoms with Gasteiger partial charge < -0.3 is 14.8 Å². The van der Waals surface area contributed by atoms with E-state index in [0.717, 1.165) is 29.4 Å². The first-order valence-electron chi connectivity index (χ1n) is 10.5. The Morgan fingerprint density at radius 3 is 2.58 bits per heavy atom. The molecule has 9 nitrogen and oxygen atoms in total. The molecule has 0 atom stereocenters. The molecule has 0 aliphatic rings. The highest BCUT2D eigenvalue weighted by atomic mass is 32.2. The van der Waals surface area contributed by atoms with Crippen LogP contribution in [0.1, 0.15) is 25.3 Å². The number of hydrogen-bond acceptors (Lipinski definition) is 7. The van der Waals surface area contributed by atoms with Crippen molar-refractivity contribution >= 4 is 34.4 Å². The Hall–Kier alpha value is -3.27. The number of ether oxygens (including phenoxy) is 2. The highest BCUT2D eigenvalue weighted by Gasteiger charge is 2.19. The average Bonchev–Trinajstić information content (AvgIpc) is 2.83. The number of anilines is 1. The van der Waals surface area contributed by atoms with Crippen molar-refractivity contribution in [1.82, 2.24) is 14.1 Å². The summed E-state index contributed by atoms with van der Waals surface area (Å²) in [5.41, 5.74) is 0.820. The molecule has 0 radical (unpaired) electrons. The topological polar surface area (TPSA) is 104 Å². The number of benzene rings is 1. The van der Waals surface area contributed by atoms with Crippen molar-refractivity contribution in [1.29, 1.82) is 0 Å². The monoisotopic (exact) mass is 472 g/mol. The lowest BCUT2D eigenvalue weighted by Crippen LogP contribution is -2.37. The minimum atomic E-state index is -0.444. The summed E-state index contributed by atoms with van der Waals surface area (Å²) in [6, 6.07) is 5.14. The molecule has 2 aromatic heterocycles. The molecular weight excluding hydrogens is 444 g/mol. The second-order valence-electron chi connectivity index (χ2n) is 7.52. The van der Waals surface area contributed by atoms with Crippen LogP contribution in [0.15, 0.2) is 38.9 Å². The predicted molar refractivity (Wildman–Crippen MR) is 130 cm³/mol. The molecule has 0 saturated heterocycles. The van der Waals surface area contributed by atoms with E-state index in [4.69, 9.17) is 9.47 Å². The lowest BCUT2D eigenvalue weighted by Gasteiger charge is -2.15. The van der Waals surface area contributed by atoms with Crippen LogP contribution in [0.25, 0.3) is 11.0 Å². The van der Waals surface area contributed by atoms with Gasteiger partial charge in [-0.3, -0.25) is 18.7 Å². The number of rotatable bonds is 9. The summed E-state index contributed by atoms with van der Waals surface area (Å²) < 4.78 is 13.0. The standard InChI is InChI=1S/C23H28N4O5S/c1-6-7-8-14-12-24-21-19(22(29)27(3)23(30)26(21)2)20(14)33-13-18(28)25-16-11-15(31-4)9-10-17(16)32-5/h9-12H,6-8,13H2,1-5H3,(H,25,28). The van der Waals surface area contributed by atoms with Crippen molar-refractivity contribution in [2.75, 3.05) is 25.3 Å². The smallest absolute Gasteiger partial charge is 0.332 e. The van der Waals surface area contributed by atoms with Crippen LogP contribution >= 0.6 is 11.8 Å². The minimum absolute atomic E-state index is 0.0601. The second-order valence-corrected chi connectivity index (χ2v) is 8.51. The fraction of sp³-hybridized carbons (Fsp3) is 0.391. The Morgan fingerprint density at radius 2 is 1.91 bits per heavy atom. The van der Waals surface area contributed by atoms with Gasteiger partial charge >= 0.3 is 5.69 Å². The lowest BCUT2D eigenvalue weighted by molar-refractivity contribution is -0.113. The number of carbonyl (C=O) groups is 1. The SMILES string of the molecule is CCCCc1cnc2c(c1SCC(=O)Nc1cc(OC)ccc1OC)c(=O)n(C)c(=O)n2C. The van der Waals surface area contributed by atoms with E-state index >= 15 is 0 Å². The van der Waals surface area contributed by atoms with Gasteiger partial charge in [-0.2, -0.15) is 0 Å². The van der Waals surface area contributed by atoms with E-state index in [-0.39, 0.29) is 11.7 Å². The number of aromatic nitrogens is 3. The number of methoxy groups -OCH3 is 2. The van der Waals surface area contributed by atoms with Crippen LogP contribution in [0.5, 0.6) is 11.5 Å². The van der Waals surface area contributed by atoms with Gasteiger partial charge in [0.25, 0.3) is 5.56 Å². The zero-order valence-electron chi connectivity index (χ0n) is 19.4. The van der Waals surface area contributed by atoms with E-state index in [1.54, 1.807) is 38.6 Å². The van der Waals surface area contributed by atoms with Gasteiger partial charge in [0, 0.05) is 31.3 Å². The third kappa shape index (κ3) is 5.05. The van der Waals surface area contributed by atoms with E-state index in [2.05, 4.69) is 17.2 Å². The van der Waals surface area contributed by atoms with Gasteiger partial charge in [-0.15, -0.1) is 11.8 Å². The van der Waals surface area contributed by atoms with Crippen molar-refractivity contribution < 1.29 is 14.3 Å². The van der Waals surface area contributed by atoms with E-state index in [1.165, 1.54) is 30.5 Å². The molecule has 0 fully saturated rings. The summed E-state index contributed by atoms with van der Waals surface area (Å²) in [4.78, 5) is 43.2. The zero-order valence-corrected chi connectivity index (χ0v) is 20.2. The van der Waals surface area contributed by atoms with Gasteiger partial charge in [-0.05, 0) is 30.5 Å². The molecule has 3 rings (SSSR count). The summed E-state index contributed by atoms with van der Waals surface area (Å²) in [7, 11) is 6.09. The maximum Gasteiger partial charge on any atom is 0.332 e.